The van der Waals surface area contributed by atoms with Gasteiger partial charge in [-0.15, -0.1) is 6.42 Å². The van der Waals surface area contributed by atoms with E-state index in [4.69, 9.17) is 16.1 Å². The molecule has 5 fully saturated rings. The summed E-state index contributed by atoms with van der Waals surface area (Å²) in [6.45, 7) is -0.221. The van der Waals surface area contributed by atoms with E-state index >= 15 is 17.6 Å². The topological polar surface area (TPSA) is 99.9 Å². The second-order valence-corrected chi connectivity index (χ2v) is 17.1. The number of alkyl halides is 6. The molecule has 2 unspecified atom stereocenters. The Hall–Kier alpha value is -5.44. The number of phenolic OH excluding ortho intramolecular Hbond substituents is 1. The van der Waals surface area contributed by atoms with Gasteiger partial charge in [-0.2, -0.15) is 28.2 Å². The van der Waals surface area contributed by atoms with E-state index in [9.17, 15) is 27.5 Å². The lowest BCUT2D eigenvalue weighted by molar-refractivity contribution is -0.158. The highest BCUT2D eigenvalue weighted by atomic mass is 19.4. The molecule has 3 aromatic carbocycles. The molecule has 5 aromatic rings. The number of piperazine rings is 1. The zero-order valence-corrected chi connectivity index (χ0v) is 32.0. The van der Waals surface area contributed by atoms with Gasteiger partial charge in [0.2, 0.25) is 5.91 Å². The highest BCUT2D eigenvalue weighted by Gasteiger charge is 2.72. The number of rotatable bonds is 8. The van der Waals surface area contributed by atoms with Gasteiger partial charge in [-0.3, -0.25) is 14.4 Å². The molecule has 10 rings (SSSR count). The number of fused-ring (bicyclic) bond motifs is 6. The molecule has 18 heteroatoms. The van der Waals surface area contributed by atoms with Crippen LogP contribution in [0.25, 0.3) is 43.7 Å². The van der Waals surface area contributed by atoms with Gasteiger partial charge in [-0.05, 0) is 54.8 Å². The number of aryl methyl sites for hydroxylation is 1. The van der Waals surface area contributed by atoms with Crippen molar-refractivity contribution in [3.05, 3.63) is 47.7 Å². The van der Waals surface area contributed by atoms with Crippen molar-refractivity contribution in [3.8, 4) is 35.2 Å². The van der Waals surface area contributed by atoms with Gasteiger partial charge in [0, 0.05) is 80.8 Å². The third-order valence-corrected chi connectivity index (χ3v) is 13.1. The second kappa shape index (κ2) is 13.3. The van der Waals surface area contributed by atoms with E-state index in [1.807, 2.05) is 0 Å². The number of phenols is 1. The maximum Gasteiger partial charge on any atom is 0.392 e. The van der Waals surface area contributed by atoms with Crippen LogP contribution in [0.15, 0.2) is 30.5 Å². The van der Waals surface area contributed by atoms with E-state index in [0.717, 1.165) is 6.07 Å². The minimum atomic E-state index is -4.48. The Morgan fingerprint density at radius 1 is 1.05 bits per heavy atom. The number of ether oxygens (including phenoxy) is 1. The minimum Gasteiger partial charge on any atom is -0.508 e. The molecule has 2 bridgehead atoms. The number of nitrogens with zero attached hydrogens (tertiary/aromatic N) is 7. The van der Waals surface area contributed by atoms with Crippen LogP contribution in [0.5, 0.6) is 11.8 Å². The molecule has 5 aliphatic rings. The van der Waals surface area contributed by atoms with Crippen molar-refractivity contribution in [2.75, 3.05) is 44.2 Å². The van der Waals surface area contributed by atoms with Gasteiger partial charge in [-0.25, -0.2) is 22.0 Å². The average Bonchev–Trinajstić information content (AvgIpc) is 3.94. The summed E-state index contributed by atoms with van der Waals surface area (Å²) in [5, 5.41) is 16.3. The Balaban J connectivity index is 1.12. The van der Waals surface area contributed by atoms with Gasteiger partial charge in [0.25, 0.3) is 5.92 Å². The molecule has 5 heterocycles. The standard InChI is InChI=1S/C42H37F8N7O3/c1-3-25-30(44)7-4-20-10-24(58)11-27(31(20)25)32-34(45)36-33(28-16-54(2)53-35(28)32)37(52-39(51-36)60-19-40(17-41(40,46)47)18-55-9-8-21(43)13-55)56-14-22-5-6-23(15-56)57(22)38(59)26-12-29(26)42(48,49)50/h1,4,7,10-11,16,21-23,26,29,58H,5-6,8-9,12-15,17-19H2,2H3/t21-,22-,23+,26?,29?,40+/m0/s1. The van der Waals surface area contributed by atoms with E-state index < -0.39 is 84.2 Å². The predicted octanol–water partition coefficient (Wildman–Crippen LogP) is 7.13. The number of benzene rings is 3. The molecule has 10 nitrogen and oxygen atoms in total. The first kappa shape index (κ1) is 38.7. The quantitative estimate of drug-likeness (QED) is 0.130. The molecule has 3 saturated heterocycles. The summed E-state index contributed by atoms with van der Waals surface area (Å²) in [6.07, 6.45) is 2.15. The fourth-order valence-corrected chi connectivity index (χ4v) is 9.99. The van der Waals surface area contributed by atoms with Crippen molar-refractivity contribution in [2.24, 2.45) is 24.3 Å². The number of carbonyl (C=O) groups is 1. The Labute approximate surface area is 337 Å². The zero-order valence-electron chi connectivity index (χ0n) is 32.0. The number of likely N-dealkylation sites (tertiary alicyclic amines) is 1. The van der Waals surface area contributed by atoms with Gasteiger partial charge in [-0.1, -0.05) is 12.0 Å². The van der Waals surface area contributed by atoms with Crippen LogP contribution in [-0.4, -0.2) is 110 Å². The van der Waals surface area contributed by atoms with Crippen LogP contribution in [-0.2, 0) is 11.8 Å². The van der Waals surface area contributed by atoms with E-state index in [1.54, 1.807) is 27.9 Å². The minimum absolute atomic E-state index is 0.000977. The zero-order chi connectivity index (χ0) is 42.2. The number of hydrogen-bond acceptors (Lipinski definition) is 8. The smallest absolute Gasteiger partial charge is 0.392 e. The number of carbonyl (C=O) groups excluding carboxylic acids is 1. The number of hydrogen-bond donors (Lipinski definition) is 1. The molecule has 2 aromatic heterocycles. The van der Waals surface area contributed by atoms with Crippen LogP contribution in [0.3, 0.4) is 0 Å². The van der Waals surface area contributed by atoms with Gasteiger partial charge in [0.15, 0.2) is 5.82 Å². The summed E-state index contributed by atoms with van der Waals surface area (Å²) in [5.41, 5.74) is -2.34. The number of aromatic nitrogens is 4. The summed E-state index contributed by atoms with van der Waals surface area (Å²) in [6, 6.07) is 3.65. The summed E-state index contributed by atoms with van der Waals surface area (Å²) in [5.74, 6) is -6.13. The fraction of sp³-hybridized carbons (Fsp3) is 0.476. The monoisotopic (exact) mass is 839 g/mol. The van der Waals surface area contributed by atoms with E-state index in [0.29, 0.717) is 30.2 Å². The molecule has 2 saturated carbocycles. The largest absolute Gasteiger partial charge is 0.508 e. The summed E-state index contributed by atoms with van der Waals surface area (Å²) < 4.78 is 125. The molecule has 3 aliphatic heterocycles. The predicted molar refractivity (Wildman–Crippen MR) is 203 cm³/mol. The Morgan fingerprint density at radius 2 is 1.78 bits per heavy atom. The fourth-order valence-electron chi connectivity index (χ4n) is 9.99. The van der Waals surface area contributed by atoms with Gasteiger partial charge in [0.1, 0.15) is 41.2 Å². The number of amides is 1. The number of halogens is 8. The number of terminal acetylenes is 1. The van der Waals surface area contributed by atoms with Crippen LogP contribution in [0, 0.1) is 41.2 Å². The van der Waals surface area contributed by atoms with Crippen LogP contribution < -0.4 is 9.64 Å². The van der Waals surface area contributed by atoms with Crippen LogP contribution in [0.1, 0.15) is 37.7 Å². The molecule has 1 N–H and O–H groups in total. The molecule has 6 atom stereocenters. The lowest BCUT2D eigenvalue weighted by Gasteiger charge is -2.42. The molecular formula is C42H37F8N7O3. The van der Waals surface area contributed by atoms with Crippen molar-refractivity contribution in [2.45, 2.75) is 62.5 Å². The third-order valence-electron chi connectivity index (χ3n) is 13.1. The molecule has 1 amide bonds. The maximum absolute atomic E-state index is 17.7. The molecule has 314 valence electrons. The first-order valence-electron chi connectivity index (χ1n) is 19.8. The lowest BCUT2D eigenvalue weighted by atomic mass is 9.91. The summed E-state index contributed by atoms with van der Waals surface area (Å²) >= 11 is 0. The van der Waals surface area contributed by atoms with Gasteiger partial charge >= 0.3 is 12.2 Å². The first-order valence-corrected chi connectivity index (χ1v) is 19.8. The van der Waals surface area contributed by atoms with Crippen LogP contribution >= 0.6 is 0 Å². The van der Waals surface area contributed by atoms with Crippen molar-refractivity contribution in [3.63, 3.8) is 0 Å². The molecular weight excluding hydrogens is 802 g/mol. The highest BCUT2D eigenvalue weighted by molar-refractivity contribution is 6.18. The Kier molecular flexibility index (Phi) is 8.57. The number of anilines is 1. The van der Waals surface area contributed by atoms with E-state index in [1.165, 1.54) is 22.9 Å². The van der Waals surface area contributed by atoms with E-state index in [-0.39, 0.29) is 89.1 Å². The normalized spacial score (nSPS) is 27.3. The molecule has 0 spiro atoms. The van der Waals surface area contributed by atoms with Crippen molar-refractivity contribution < 1.29 is 49.8 Å². The highest BCUT2D eigenvalue weighted by Crippen LogP contribution is 2.61. The Morgan fingerprint density at radius 3 is 2.42 bits per heavy atom. The average molecular weight is 840 g/mol. The Bertz CT molecular complexity index is 2670. The van der Waals surface area contributed by atoms with Gasteiger partial charge < -0.3 is 19.6 Å². The maximum atomic E-state index is 17.7. The van der Waals surface area contributed by atoms with E-state index in [2.05, 4.69) is 16.0 Å². The van der Waals surface area contributed by atoms with Crippen LogP contribution in [0.2, 0.25) is 0 Å². The van der Waals surface area contributed by atoms with Crippen molar-refractivity contribution in [1.82, 2.24) is 29.5 Å². The van der Waals surface area contributed by atoms with Crippen molar-refractivity contribution in [1.29, 1.82) is 0 Å². The second-order valence-electron chi connectivity index (χ2n) is 17.1. The SMILES string of the molecule is C#Cc1c(F)ccc2cc(O)cc(-c3c(F)c4nc(OC[C@]5(CN6CC[C@H](F)C6)CC5(F)F)nc(N5C[C@H]6CC[C@@H](C5)N6C(=O)C5CC5C(F)(F)F)c4c4cn(C)nc34)c12. The molecule has 2 aliphatic carbocycles. The summed E-state index contributed by atoms with van der Waals surface area (Å²) in [7, 11) is 1.59. The first-order chi connectivity index (χ1) is 28.5. The molecule has 60 heavy (non-hydrogen) atoms. The number of aromatic hydroxyl groups is 1. The third kappa shape index (κ3) is 6.08. The lowest BCUT2D eigenvalue weighted by Crippen LogP contribution is -2.56. The summed E-state index contributed by atoms with van der Waals surface area (Å²) in [4.78, 5) is 27.6. The molecule has 0 radical (unpaired) electrons. The van der Waals surface area contributed by atoms with Crippen LogP contribution in [0.4, 0.5) is 40.9 Å². The van der Waals surface area contributed by atoms with Gasteiger partial charge in [0.05, 0.1) is 28.2 Å². The van der Waals surface area contributed by atoms with Crippen molar-refractivity contribution >= 4 is 44.3 Å².